The third kappa shape index (κ3) is 7.85. The molecule has 48 heavy (non-hydrogen) atoms. The minimum atomic E-state index is -1.21. The van der Waals surface area contributed by atoms with Crippen LogP contribution in [0.2, 0.25) is 0 Å². The lowest BCUT2D eigenvalue weighted by molar-refractivity contribution is -0.131. The Labute approximate surface area is 282 Å². The number of carbonyl (C=O) groups excluding carboxylic acids is 4. The van der Waals surface area contributed by atoms with Gasteiger partial charge in [0.2, 0.25) is 17.7 Å². The maximum atomic E-state index is 13.5. The number of nitrogens with zero attached hydrogens (tertiary/aromatic N) is 2. The van der Waals surface area contributed by atoms with Crippen molar-refractivity contribution in [3.63, 3.8) is 0 Å². The third-order valence-electron chi connectivity index (χ3n) is 9.58. The second-order valence-corrected chi connectivity index (χ2v) is 14.3. The number of aromatic hydroxyl groups is 1. The van der Waals surface area contributed by atoms with Gasteiger partial charge in [-0.05, 0) is 86.1 Å². The van der Waals surface area contributed by atoms with Gasteiger partial charge in [0.25, 0.3) is 0 Å². The predicted octanol–water partition coefficient (Wildman–Crippen LogP) is 6.35. The van der Waals surface area contributed by atoms with Crippen molar-refractivity contribution in [2.45, 2.75) is 71.8 Å². The van der Waals surface area contributed by atoms with Gasteiger partial charge in [0.15, 0.2) is 0 Å². The van der Waals surface area contributed by atoms with Crippen molar-refractivity contribution in [3.05, 3.63) is 90.0 Å². The van der Waals surface area contributed by atoms with E-state index in [1.165, 1.54) is 17.0 Å². The van der Waals surface area contributed by atoms with Gasteiger partial charge in [0, 0.05) is 22.9 Å². The normalized spacial score (nSPS) is 18.5. The molecule has 4 atom stereocenters. The molecule has 4 rings (SSSR count). The fraction of sp³-hybridized carbons (Fsp3) is 0.395. The molecule has 3 aromatic carbocycles. The molecule has 0 radical (unpaired) electrons. The minimum Gasteiger partial charge on any atom is -0.508 e. The number of nitrogens with two attached hydrogens (primary N) is 1. The average Bonchev–Trinajstić information content (AvgIpc) is 3.24. The number of nitrogens with one attached hydrogen (secondary N) is 2. The lowest BCUT2D eigenvalue weighted by Gasteiger charge is -2.35. The van der Waals surface area contributed by atoms with Gasteiger partial charge in [-0.15, -0.1) is 0 Å². The van der Waals surface area contributed by atoms with Crippen LogP contribution in [0.1, 0.15) is 71.9 Å². The zero-order valence-electron chi connectivity index (χ0n) is 28.4. The second-order valence-electron chi connectivity index (χ2n) is 14.3. The van der Waals surface area contributed by atoms with E-state index in [2.05, 4.69) is 16.7 Å². The van der Waals surface area contributed by atoms with Gasteiger partial charge >= 0.3 is 6.03 Å². The number of benzene rings is 3. The van der Waals surface area contributed by atoms with Gasteiger partial charge in [0.05, 0.1) is 23.2 Å². The molecule has 10 nitrogen and oxygen atoms in total. The lowest BCUT2D eigenvalue weighted by atomic mass is 9.68. The molecule has 0 aromatic heterocycles. The molecule has 4 unspecified atom stereocenters. The van der Waals surface area contributed by atoms with Crippen LogP contribution in [-0.4, -0.2) is 28.9 Å². The number of carbonyl (C=O) groups is 4. The van der Waals surface area contributed by atoms with Crippen LogP contribution in [0.25, 0.3) is 0 Å². The van der Waals surface area contributed by atoms with E-state index in [0.717, 1.165) is 11.1 Å². The Balaban J connectivity index is 1.48. The van der Waals surface area contributed by atoms with E-state index in [1.54, 1.807) is 56.3 Å². The zero-order valence-corrected chi connectivity index (χ0v) is 28.4. The van der Waals surface area contributed by atoms with Crippen LogP contribution in [0.5, 0.6) is 5.75 Å². The van der Waals surface area contributed by atoms with Crippen molar-refractivity contribution in [1.82, 2.24) is 5.32 Å². The van der Waals surface area contributed by atoms with Gasteiger partial charge in [0.1, 0.15) is 5.75 Å². The van der Waals surface area contributed by atoms with Crippen LogP contribution in [0.15, 0.2) is 78.9 Å². The Kier molecular flexibility index (Phi) is 10.3. The fourth-order valence-electron chi connectivity index (χ4n) is 6.56. The van der Waals surface area contributed by atoms with Crippen LogP contribution < -0.4 is 21.3 Å². The highest BCUT2D eigenvalue weighted by molar-refractivity contribution is 6.22. The Morgan fingerprint density at radius 1 is 0.917 bits per heavy atom. The first-order valence-electron chi connectivity index (χ1n) is 16.1. The molecule has 1 aliphatic heterocycles. The summed E-state index contributed by atoms with van der Waals surface area (Å²) in [6.07, 6.45) is 0.578. The number of primary amides is 1. The molecule has 10 heteroatoms. The number of hydrogen-bond donors (Lipinski definition) is 4. The number of anilines is 2. The monoisotopic (exact) mass is 651 g/mol. The molecule has 5 N–H and O–H groups in total. The zero-order chi connectivity index (χ0) is 35.4. The predicted molar refractivity (Wildman–Crippen MR) is 185 cm³/mol. The fourth-order valence-corrected chi connectivity index (χ4v) is 6.56. The maximum absolute atomic E-state index is 13.5. The molecule has 1 heterocycles. The van der Waals surface area contributed by atoms with Gasteiger partial charge < -0.3 is 21.5 Å². The molecule has 3 aromatic rings. The number of amides is 5. The summed E-state index contributed by atoms with van der Waals surface area (Å²) in [5.74, 6) is -3.19. The summed E-state index contributed by atoms with van der Waals surface area (Å²) in [6, 6.07) is 24.7. The van der Waals surface area contributed by atoms with Crippen LogP contribution in [0, 0.1) is 34.5 Å². The molecule has 1 saturated heterocycles. The van der Waals surface area contributed by atoms with Crippen molar-refractivity contribution in [3.8, 4) is 11.8 Å². The molecule has 1 aliphatic rings. The number of hydrogen-bond acceptors (Lipinski definition) is 6. The van der Waals surface area contributed by atoms with Crippen LogP contribution in [0.4, 0.5) is 16.2 Å². The summed E-state index contributed by atoms with van der Waals surface area (Å²) in [4.78, 5) is 53.6. The van der Waals surface area contributed by atoms with E-state index in [4.69, 9.17) is 5.73 Å². The van der Waals surface area contributed by atoms with Gasteiger partial charge in [-0.2, -0.15) is 5.26 Å². The minimum absolute atomic E-state index is 0.0531. The van der Waals surface area contributed by atoms with Crippen LogP contribution in [0.3, 0.4) is 0 Å². The highest BCUT2D eigenvalue weighted by Gasteiger charge is 2.50. The van der Waals surface area contributed by atoms with E-state index >= 15 is 0 Å². The van der Waals surface area contributed by atoms with E-state index in [1.807, 2.05) is 52.0 Å². The second kappa shape index (κ2) is 13.9. The topological polar surface area (TPSA) is 166 Å². The SMILES string of the molecule is CC1C(=O)N(c2ccccc2)C(=O)C1CC(C)(CC(C#N)CC(C)(C)c1cccc(C(C)(C)NC(=O)Nc2ccc(O)cc2)c1)C(N)=O. The van der Waals surface area contributed by atoms with Gasteiger partial charge in [-0.3, -0.25) is 19.3 Å². The van der Waals surface area contributed by atoms with Crippen molar-refractivity contribution < 1.29 is 24.3 Å². The Morgan fingerprint density at radius 3 is 2.15 bits per heavy atom. The summed E-state index contributed by atoms with van der Waals surface area (Å²) >= 11 is 0. The van der Waals surface area contributed by atoms with E-state index in [9.17, 15) is 29.5 Å². The molecule has 0 aliphatic carbocycles. The number of nitriles is 1. The smallest absolute Gasteiger partial charge is 0.319 e. The van der Waals surface area contributed by atoms with Crippen molar-refractivity contribution in [2.24, 2.45) is 28.9 Å². The first-order valence-corrected chi connectivity index (χ1v) is 16.1. The van der Waals surface area contributed by atoms with Gasteiger partial charge in [-0.25, -0.2) is 4.79 Å². The van der Waals surface area contributed by atoms with Crippen LogP contribution in [-0.2, 0) is 25.3 Å². The summed E-state index contributed by atoms with van der Waals surface area (Å²) in [7, 11) is 0. The molecule has 0 spiro atoms. The highest BCUT2D eigenvalue weighted by atomic mass is 16.3. The summed E-state index contributed by atoms with van der Waals surface area (Å²) in [6.45, 7) is 11.2. The number of para-hydroxylation sites is 1. The molecule has 0 bridgehead atoms. The molecule has 252 valence electrons. The van der Waals surface area contributed by atoms with Crippen LogP contribution >= 0.6 is 0 Å². The average molecular weight is 652 g/mol. The number of phenols is 1. The van der Waals surface area contributed by atoms with Crippen molar-refractivity contribution in [2.75, 3.05) is 10.2 Å². The Bertz CT molecular complexity index is 1710. The molecular weight excluding hydrogens is 606 g/mol. The van der Waals surface area contributed by atoms with E-state index in [-0.39, 0.29) is 30.4 Å². The van der Waals surface area contributed by atoms with E-state index < -0.39 is 46.1 Å². The number of phenolic OH excluding ortho intramolecular Hbond substituents is 1. The standard InChI is InChI=1S/C38H45N5O5/c1-24-31(33(46)43(32(24)45)29-13-8-7-9-14-29)22-38(6,34(40)47)21-25(23-39)20-36(2,3)26-11-10-12-27(19-26)37(4,5)42-35(48)41-28-15-17-30(44)18-16-28/h7-19,24-25,31,44H,20-22H2,1-6H3,(H2,40,47)(H2,41,42,48). The first kappa shape index (κ1) is 35.7. The summed E-state index contributed by atoms with van der Waals surface area (Å²) < 4.78 is 0. The summed E-state index contributed by atoms with van der Waals surface area (Å²) in [5.41, 5.74) is 6.28. The van der Waals surface area contributed by atoms with E-state index in [0.29, 0.717) is 17.8 Å². The molecular formula is C38H45N5O5. The van der Waals surface area contributed by atoms with Gasteiger partial charge in [-0.1, -0.05) is 70.2 Å². The largest absolute Gasteiger partial charge is 0.508 e. The quantitative estimate of drug-likeness (QED) is 0.132. The third-order valence-corrected chi connectivity index (χ3v) is 9.58. The highest BCUT2D eigenvalue weighted by Crippen LogP contribution is 2.43. The Hall–Kier alpha value is -5.17. The number of rotatable bonds is 12. The number of imide groups is 1. The molecule has 0 saturated carbocycles. The molecule has 5 amide bonds. The van der Waals surface area contributed by atoms with Crippen molar-refractivity contribution >= 4 is 35.1 Å². The Morgan fingerprint density at radius 2 is 1.54 bits per heavy atom. The molecule has 1 fully saturated rings. The van der Waals surface area contributed by atoms with Crippen molar-refractivity contribution in [1.29, 1.82) is 5.26 Å². The number of urea groups is 1. The lowest BCUT2D eigenvalue weighted by Crippen LogP contribution is -2.43. The maximum Gasteiger partial charge on any atom is 0.319 e. The first-order chi connectivity index (χ1) is 22.5. The summed E-state index contributed by atoms with van der Waals surface area (Å²) in [5, 5.41) is 25.6.